The molecule has 0 saturated heterocycles. The van der Waals surface area contributed by atoms with Gasteiger partial charge in [-0.05, 0) is 44.0 Å². The molecule has 0 unspecified atom stereocenters. The minimum Gasteiger partial charge on any atom is -0.307 e. The summed E-state index contributed by atoms with van der Waals surface area (Å²) in [6, 6.07) is 14.7. The average molecular weight is 350 g/mol. The zero-order valence-corrected chi connectivity index (χ0v) is 15.3. The van der Waals surface area contributed by atoms with Gasteiger partial charge in [-0.2, -0.15) is 0 Å². The summed E-state index contributed by atoms with van der Waals surface area (Å²) in [7, 11) is 1.79. The molecule has 0 spiro atoms. The van der Waals surface area contributed by atoms with Crippen molar-refractivity contribution in [2.75, 3.05) is 10.6 Å². The third kappa shape index (κ3) is 3.13. The van der Waals surface area contributed by atoms with Crippen molar-refractivity contribution in [1.29, 1.82) is 0 Å². The lowest BCUT2D eigenvalue weighted by Gasteiger charge is -2.11. The molecule has 6 heteroatoms. The number of amides is 2. The van der Waals surface area contributed by atoms with E-state index in [1.807, 2.05) is 62.4 Å². The van der Waals surface area contributed by atoms with Gasteiger partial charge in [-0.15, -0.1) is 0 Å². The molecule has 0 aliphatic carbocycles. The van der Waals surface area contributed by atoms with Crippen LogP contribution in [-0.4, -0.2) is 15.4 Å². The van der Waals surface area contributed by atoms with E-state index in [-0.39, 0.29) is 11.2 Å². The number of benzene rings is 2. The number of nitrogens with zero attached hydrogens (tertiary/aromatic N) is 2. The summed E-state index contributed by atoms with van der Waals surface area (Å²) in [5.74, 6) is 0. The topological polar surface area (TPSA) is 68.1 Å². The molecular weight excluding hydrogens is 328 g/mol. The van der Waals surface area contributed by atoms with Crippen LogP contribution in [0.1, 0.15) is 16.8 Å². The first-order chi connectivity index (χ1) is 12.4. The fourth-order valence-corrected chi connectivity index (χ4v) is 2.98. The Morgan fingerprint density at radius 2 is 1.42 bits per heavy atom. The average Bonchev–Trinajstić information content (AvgIpc) is 2.82. The standard InChI is InChI=1S/C20H22N4O2/c1-13-9-8-10-14(2)17(13)21-20(26)22-18-15(3)23(4)24(19(18)25)16-11-6-5-7-12-16/h5-12H,1-4H3,(H2,21,22,26). The number of carbonyl (C=O) groups excluding carboxylic acids is 1. The second kappa shape index (κ2) is 6.92. The van der Waals surface area contributed by atoms with Crippen LogP contribution >= 0.6 is 0 Å². The second-order valence-electron chi connectivity index (χ2n) is 6.28. The molecule has 1 aromatic heterocycles. The van der Waals surface area contributed by atoms with Gasteiger partial charge in [-0.25, -0.2) is 9.48 Å². The zero-order chi connectivity index (χ0) is 18.8. The summed E-state index contributed by atoms with van der Waals surface area (Å²) < 4.78 is 3.26. The molecule has 0 saturated carbocycles. The van der Waals surface area contributed by atoms with Crippen molar-refractivity contribution in [3.8, 4) is 5.69 Å². The van der Waals surface area contributed by atoms with Crippen LogP contribution in [0.15, 0.2) is 53.3 Å². The molecule has 134 valence electrons. The minimum atomic E-state index is -0.437. The van der Waals surface area contributed by atoms with E-state index >= 15 is 0 Å². The highest BCUT2D eigenvalue weighted by atomic mass is 16.2. The maximum absolute atomic E-state index is 12.8. The smallest absolute Gasteiger partial charge is 0.307 e. The van der Waals surface area contributed by atoms with Crippen molar-refractivity contribution in [3.63, 3.8) is 0 Å². The highest BCUT2D eigenvalue weighted by Gasteiger charge is 2.18. The Kier molecular flexibility index (Phi) is 4.67. The van der Waals surface area contributed by atoms with Gasteiger partial charge >= 0.3 is 6.03 Å². The molecule has 2 amide bonds. The van der Waals surface area contributed by atoms with E-state index in [4.69, 9.17) is 0 Å². The summed E-state index contributed by atoms with van der Waals surface area (Å²) in [4.78, 5) is 25.3. The third-order valence-corrected chi connectivity index (χ3v) is 4.51. The molecule has 0 aliphatic rings. The number of aromatic nitrogens is 2. The summed E-state index contributed by atoms with van der Waals surface area (Å²) in [5.41, 5.74) is 4.09. The number of anilines is 2. The number of urea groups is 1. The minimum absolute atomic E-state index is 0.264. The molecule has 0 atom stereocenters. The second-order valence-corrected chi connectivity index (χ2v) is 6.28. The van der Waals surface area contributed by atoms with E-state index < -0.39 is 6.03 Å². The van der Waals surface area contributed by atoms with Crippen LogP contribution in [0.5, 0.6) is 0 Å². The molecule has 0 fully saturated rings. The largest absolute Gasteiger partial charge is 0.323 e. The number of hydrogen-bond donors (Lipinski definition) is 2. The Balaban J connectivity index is 1.91. The number of nitrogens with one attached hydrogen (secondary N) is 2. The number of para-hydroxylation sites is 2. The molecule has 26 heavy (non-hydrogen) atoms. The Morgan fingerprint density at radius 1 is 0.846 bits per heavy atom. The van der Waals surface area contributed by atoms with Crippen LogP contribution in [-0.2, 0) is 7.05 Å². The van der Waals surface area contributed by atoms with E-state index in [2.05, 4.69) is 10.6 Å². The summed E-state index contributed by atoms with van der Waals surface area (Å²) in [5, 5.41) is 5.55. The molecule has 1 heterocycles. The van der Waals surface area contributed by atoms with Gasteiger partial charge in [0.05, 0.1) is 11.4 Å². The quantitative estimate of drug-likeness (QED) is 0.755. The first kappa shape index (κ1) is 17.5. The van der Waals surface area contributed by atoms with E-state index in [1.165, 1.54) is 4.68 Å². The van der Waals surface area contributed by atoms with Crippen molar-refractivity contribution in [3.05, 3.63) is 75.7 Å². The molecule has 3 rings (SSSR count). The van der Waals surface area contributed by atoms with Gasteiger partial charge in [0.1, 0.15) is 5.69 Å². The van der Waals surface area contributed by atoms with Crippen LogP contribution in [0, 0.1) is 20.8 Å². The number of carbonyl (C=O) groups is 1. The first-order valence-electron chi connectivity index (χ1n) is 8.38. The number of rotatable bonds is 3. The van der Waals surface area contributed by atoms with Gasteiger partial charge < -0.3 is 10.6 Å². The fourth-order valence-electron chi connectivity index (χ4n) is 2.98. The molecule has 2 N–H and O–H groups in total. The molecule has 0 bridgehead atoms. The van der Waals surface area contributed by atoms with Crippen LogP contribution in [0.3, 0.4) is 0 Å². The van der Waals surface area contributed by atoms with Crippen molar-refractivity contribution in [2.45, 2.75) is 20.8 Å². The van der Waals surface area contributed by atoms with Crippen molar-refractivity contribution >= 4 is 17.4 Å². The van der Waals surface area contributed by atoms with Crippen molar-refractivity contribution in [2.24, 2.45) is 7.05 Å². The maximum atomic E-state index is 12.8. The molecule has 3 aromatic rings. The van der Waals surface area contributed by atoms with Gasteiger partial charge in [0.15, 0.2) is 0 Å². The molecule has 0 radical (unpaired) electrons. The third-order valence-electron chi connectivity index (χ3n) is 4.51. The van der Waals surface area contributed by atoms with Gasteiger partial charge in [0.2, 0.25) is 0 Å². The van der Waals surface area contributed by atoms with Crippen LogP contribution < -0.4 is 16.2 Å². The van der Waals surface area contributed by atoms with Gasteiger partial charge in [0.25, 0.3) is 5.56 Å². The van der Waals surface area contributed by atoms with Crippen LogP contribution in [0.25, 0.3) is 5.69 Å². The Morgan fingerprint density at radius 3 is 2.04 bits per heavy atom. The lowest BCUT2D eigenvalue weighted by Crippen LogP contribution is -2.26. The predicted octanol–water partition coefficient (Wildman–Crippen LogP) is 3.75. The Hall–Kier alpha value is -3.28. The number of hydrogen-bond acceptors (Lipinski definition) is 2. The van der Waals surface area contributed by atoms with Crippen LogP contribution in [0.4, 0.5) is 16.2 Å². The normalized spacial score (nSPS) is 10.6. The summed E-state index contributed by atoms with van der Waals surface area (Å²) in [6.45, 7) is 5.66. The molecule has 0 aliphatic heterocycles. The van der Waals surface area contributed by atoms with E-state index in [0.717, 1.165) is 22.5 Å². The molecule has 6 nitrogen and oxygen atoms in total. The zero-order valence-electron chi connectivity index (χ0n) is 15.3. The van der Waals surface area contributed by atoms with Crippen molar-refractivity contribution in [1.82, 2.24) is 9.36 Å². The van der Waals surface area contributed by atoms with Gasteiger partial charge in [-0.3, -0.25) is 9.48 Å². The Labute approximate surface area is 152 Å². The van der Waals surface area contributed by atoms with Gasteiger partial charge in [-0.1, -0.05) is 36.4 Å². The Bertz CT molecular complexity index is 996. The predicted molar refractivity (Wildman–Crippen MR) is 104 cm³/mol. The lowest BCUT2D eigenvalue weighted by molar-refractivity contribution is 0.262. The maximum Gasteiger partial charge on any atom is 0.323 e. The highest BCUT2D eigenvalue weighted by Crippen LogP contribution is 2.20. The first-order valence-corrected chi connectivity index (χ1v) is 8.38. The van der Waals surface area contributed by atoms with Crippen molar-refractivity contribution < 1.29 is 4.79 Å². The summed E-state index contributed by atoms with van der Waals surface area (Å²) >= 11 is 0. The fraction of sp³-hybridized carbons (Fsp3) is 0.200. The SMILES string of the molecule is Cc1cccc(C)c1NC(=O)Nc1c(C)n(C)n(-c2ccccc2)c1=O. The highest BCUT2D eigenvalue weighted by molar-refractivity contribution is 6.01. The monoisotopic (exact) mass is 350 g/mol. The van der Waals surface area contributed by atoms with E-state index in [9.17, 15) is 9.59 Å². The summed E-state index contributed by atoms with van der Waals surface area (Å²) in [6.07, 6.45) is 0. The molecular formula is C20H22N4O2. The van der Waals surface area contributed by atoms with E-state index in [1.54, 1.807) is 18.7 Å². The lowest BCUT2D eigenvalue weighted by atomic mass is 10.1. The van der Waals surface area contributed by atoms with Crippen LogP contribution in [0.2, 0.25) is 0 Å². The van der Waals surface area contributed by atoms with Gasteiger partial charge in [0, 0.05) is 12.7 Å². The van der Waals surface area contributed by atoms with E-state index in [0.29, 0.717) is 5.69 Å². The number of aryl methyl sites for hydroxylation is 2. The molecule has 2 aromatic carbocycles.